The first kappa shape index (κ1) is 17.9. The number of likely N-dealkylation sites (tertiary alicyclic amines) is 1. The van der Waals surface area contributed by atoms with Crippen molar-refractivity contribution in [3.05, 3.63) is 30.3 Å². The molecule has 2 rings (SSSR count). The molecular formula is C15H19F3N2O2S. The molecule has 1 saturated heterocycles. The van der Waals surface area contributed by atoms with E-state index < -0.39 is 35.5 Å². The second-order valence-electron chi connectivity index (χ2n) is 5.39. The van der Waals surface area contributed by atoms with Crippen molar-refractivity contribution in [1.29, 1.82) is 0 Å². The molecule has 0 unspecified atom stereocenters. The van der Waals surface area contributed by atoms with Crippen LogP contribution in [0.1, 0.15) is 12.8 Å². The molecule has 4 nitrogen and oxygen atoms in total. The van der Waals surface area contributed by atoms with Gasteiger partial charge >= 0.3 is 6.18 Å². The number of halogens is 3. The van der Waals surface area contributed by atoms with Gasteiger partial charge in [0, 0.05) is 17.2 Å². The van der Waals surface area contributed by atoms with E-state index in [9.17, 15) is 22.2 Å². The van der Waals surface area contributed by atoms with Crippen LogP contribution < -0.4 is 5.32 Å². The van der Waals surface area contributed by atoms with Gasteiger partial charge in [0.15, 0.2) is 0 Å². The van der Waals surface area contributed by atoms with Crippen LogP contribution in [0.2, 0.25) is 0 Å². The monoisotopic (exact) mass is 348 g/mol. The van der Waals surface area contributed by atoms with Gasteiger partial charge in [0.05, 0.1) is 16.8 Å². The fourth-order valence-corrected chi connectivity index (χ4v) is 3.68. The third-order valence-corrected chi connectivity index (χ3v) is 5.05. The van der Waals surface area contributed by atoms with Crippen molar-refractivity contribution in [3.8, 4) is 0 Å². The third-order valence-electron chi connectivity index (χ3n) is 3.70. The second kappa shape index (κ2) is 7.92. The molecule has 1 aromatic carbocycles. The average molecular weight is 348 g/mol. The predicted molar refractivity (Wildman–Crippen MR) is 81.4 cm³/mol. The second-order valence-corrected chi connectivity index (χ2v) is 6.96. The van der Waals surface area contributed by atoms with Gasteiger partial charge in [0.25, 0.3) is 0 Å². The number of benzene rings is 1. The topological polar surface area (TPSA) is 49.4 Å². The van der Waals surface area contributed by atoms with E-state index in [0.29, 0.717) is 30.2 Å². The Balaban J connectivity index is 1.84. The molecule has 1 fully saturated rings. The molecule has 2 atom stereocenters. The molecule has 1 aliphatic heterocycles. The number of amides is 1. The molecule has 1 N–H and O–H groups in total. The lowest BCUT2D eigenvalue weighted by atomic mass is 10.2. The molecule has 0 aliphatic carbocycles. The maximum atomic E-state index is 12.2. The zero-order chi connectivity index (χ0) is 16.9. The van der Waals surface area contributed by atoms with E-state index in [1.54, 1.807) is 24.3 Å². The molecule has 1 heterocycles. The minimum absolute atomic E-state index is 0.354. The molecule has 128 valence electrons. The van der Waals surface area contributed by atoms with Crippen LogP contribution in [0, 0.1) is 0 Å². The Labute approximate surface area is 135 Å². The Kier molecular flexibility index (Phi) is 6.17. The lowest BCUT2D eigenvalue weighted by molar-refractivity contribution is -0.141. The summed E-state index contributed by atoms with van der Waals surface area (Å²) in [5.41, 5.74) is 0. The van der Waals surface area contributed by atoms with Gasteiger partial charge in [0.2, 0.25) is 5.91 Å². The average Bonchev–Trinajstić information content (AvgIpc) is 2.99. The summed E-state index contributed by atoms with van der Waals surface area (Å²) >= 11 is 0. The van der Waals surface area contributed by atoms with Crippen molar-refractivity contribution in [2.24, 2.45) is 0 Å². The summed E-state index contributed by atoms with van der Waals surface area (Å²) in [6, 6.07) is 8.42. The number of nitrogens with zero attached hydrogens (tertiary/aromatic N) is 1. The highest BCUT2D eigenvalue weighted by Gasteiger charge is 2.34. The van der Waals surface area contributed by atoms with Crippen molar-refractivity contribution in [2.75, 3.05) is 25.4 Å². The summed E-state index contributed by atoms with van der Waals surface area (Å²) < 4.78 is 48.7. The van der Waals surface area contributed by atoms with Gasteiger partial charge in [-0.2, -0.15) is 13.2 Å². The van der Waals surface area contributed by atoms with Crippen molar-refractivity contribution in [3.63, 3.8) is 0 Å². The normalized spacial score (nSPS) is 20.4. The highest BCUT2D eigenvalue weighted by atomic mass is 32.2. The van der Waals surface area contributed by atoms with Gasteiger partial charge in [-0.05, 0) is 31.5 Å². The Hall–Kier alpha value is -1.41. The first-order chi connectivity index (χ1) is 10.9. The summed E-state index contributed by atoms with van der Waals surface area (Å²) in [5.74, 6) is -0.252. The van der Waals surface area contributed by atoms with Gasteiger partial charge in [-0.3, -0.25) is 13.9 Å². The van der Waals surface area contributed by atoms with E-state index in [-0.39, 0.29) is 0 Å². The molecule has 8 heteroatoms. The predicted octanol–water partition coefficient (Wildman–Crippen LogP) is 1.94. The number of hydrogen-bond acceptors (Lipinski definition) is 3. The highest BCUT2D eigenvalue weighted by molar-refractivity contribution is 7.85. The summed E-state index contributed by atoms with van der Waals surface area (Å²) in [7, 11) is -1.18. The molecule has 0 spiro atoms. The van der Waals surface area contributed by atoms with E-state index in [2.05, 4.69) is 0 Å². The van der Waals surface area contributed by atoms with Crippen molar-refractivity contribution in [1.82, 2.24) is 10.2 Å². The Morgan fingerprint density at radius 2 is 2.00 bits per heavy atom. The van der Waals surface area contributed by atoms with Crippen LogP contribution in [0.15, 0.2) is 35.2 Å². The Bertz CT molecular complexity index is 551. The van der Waals surface area contributed by atoms with Crippen molar-refractivity contribution < 1.29 is 22.2 Å². The van der Waals surface area contributed by atoms with E-state index in [1.807, 2.05) is 16.3 Å². The van der Waals surface area contributed by atoms with Gasteiger partial charge in [-0.15, -0.1) is 0 Å². The van der Waals surface area contributed by atoms with Gasteiger partial charge in [0.1, 0.15) is 6.54 Å². The molecule has 23 heavy (non-hydrogen) atoms. The maximum absolute atomic E-state index is 12.2. The van der Waals surface area contributed by atoms with E-state index in [0.717, 1.165) is 6.42 Å². The third kappa shape index (κ3) is 5.62. The zero-order valence-corrected chi connectivity index (χ0v) is 13.3. The molecule has 0 aromatic heterocycles. The summed E-state index contributed by atoms with van der Waals surface area (Å²) in [5, 5.41) is 1.93. The summed E-state index contributed by atoms with van der Waals surface area (Å²) in [4.78, 5) is 14.4. The van der Waals surface area contributed by atoms with Gasteiger partial charge < -0.3 is 5.32 Å². The number of alkyl halides is 3. The minimum atomic E-state index is -4.41. The maximum Gasteiger partial charge on any atom is 0.405 e. The van der Waals surface area contributed by atoms with Gasteiger partial charge in [-0.25, -0.2) is 0 Å². The quantitative estimate of drug-likeness (QED) is 0.855. The number of carbonyl (C=O) groups excluding carboxylic acids is 1. The molecular weight excluding hydrogens is 329 g/mol. The first-order valence-electron chi connectivity index (χ1n) is 7.39. The number of rotatable bonds is 6. The standard InChI is InChI=1S/C15H19F3N2O2S/c16-15(17,18)11-19-14(21)13-7-4-8-20(13)9-10-23(22)12-5-2-1-3-6-12/h1-3,5-6,13H,4,7-11H2,(H,19,21)/t13-,23-/m1/s1. The smallest absolute Gasteiger partial charge is 0.346 e. The highest BCUT2D eigenvalue weighted by Crippen LogP contribution is 2.19. The first-order valence-corrected chi connectivity index (χ1v) is 8.70. The molecule has 0 saturated carbocycles. The molecule has 0 radical (unpaired) electrons. The Morgan fingerprint density at radius 1 is 1.30 bits per heavy atom. The lowest BCUT2D eigenvalue weighted by Gasteiger charge is -2.23. The zero-order valence-electron chi connectivity index (χ0n) is 12.5. The molecule has 1 amide bonds. The summed E-state index contributed by atoms with van der Waals surface area (Å²) in [6.45, 7) is -0.256. The SMILES string of the molecule is O=C(NCC(F)(F)F)[C@H]1CCCN1CC[S@@](=O)c1ccccc1. The van der Waals surface area contributed by atoms with Crippen LogP contribution in [0.3, 0.4) is 0 Å². The van der Waals surface area contributed by atoms with Crippen molar-refractivity contribution in [2.45, 2.75) is 30.0 Å². The van der Waals surface area contributed by atoms with Crippen LogP contribution in [0.5, 0.6) is 0 Å². The number of nitrogens with one attached hydrogen (secondary N) is 1. The molecule has 1 aromatic rings. The van der Waals surface area contributed by atoms with Crippen LogP contribution in [-0.2, 0) is 15.6 Å². The lowest BCUT2D eigenvalue weighted by Crippen LogP contribution is -2.46. The molecule has 1 aliphatic rings. The summed E-state index contributed by atoms with van der Waals surface area (Å²) in [6.07, 6.45) is -3.13. The van der Waals surface area contributed by atoms with Crippen LogP contribution in [0.4, 0.5) is 13.2 Å². The van der Waals surface area contributed by atoms with E-state index in [1.165, 1.54) is 0 Å². The number of hydrogen-bond donors (Lipinski definition) is 1. The molecule has 0 bridgehead atoms. The van der Waals surface area contributed by atoms with Crippen molar-refractivity contribution >= 4 is 16.7 Å². The van der Waals surface area contributed by atoms with E-state index >= 15 is 0 Å². The van der Waals surface area contributed by atoms with E-state index in [4.69, 9.17) is 0 Å². The Morgan fingerprint density at radius 3 is 2.65 bits per heavy atom. The largest absolute Gasteiger partial charge is 0.405 e. The minimum Gasteiger partial charge on any atom is -0.346 e. The number of carbonyl (C=O) groups is 1. The fraction of sp³-hybridized carbons (Fsp3) is 0.533. The van der Waals surface area contributed by atoms with Crippen LogP contribution in [-0.4, -0.2) is 52.6 Å². The van der Waals surface area contributed by atoms with Crippen LogP contribution >= 0.6 is 0 Å². The van der Waals surface area contributed by atoms with Crippen LogP contribution in [0.25, 0.3) is 0 Å². The fourth-order valence-electron chi connectivity index (χ4n) is 2.59. The van der Waals surface area contributed by atoms with Gasteiger partial charge in [-0.1, -0.05) is 18.2 Å².